The molecule has 2 heterocycles. The fourth-order valence-corrected chi connectivity index (χ4v) is 6.91. The summed E-state index contributed by atoms with van der Waals surface area (Å²) in [5.41, 5.74) is 3.75. The number of aliphatic hydroxyl groups is 4. The standard InChI is InChI=1S/C39H54F6N6O9/c1-2-3-4-5-6-7-8-9-16-29(54)50-30-27(19-52)58-21-26(49-36(46)47-24-14-10-12-22(17-24)38(40,41)42)34(30)60-35-31(33(56)32(55)28(20-53)59-35)51-37(57)48-25-15-11-13-23(18-25)39(43,44)45/h10-15,17-18,26-28,30-35,52-53,55-56H,2-9,16,19-21H2,1H3,(H,50,54)(H3,46,47,49)(H2,48,51,57)/t26-,27+,28+,30-,31+,32+,33+,34+,35-/m0/s1. The fraction of sp³-hybridized carbons (Fsp3) is 0.615. The van der Waals surface area contributed by atoms with E-state index in [-0.39, 0.29) is 24.4 Å². The molecular formula is C39H54F6N6O9. The van der Waals surface area contributed by atoms with E-state index in [1.165, 1.54) is 12.1 Å². The van der Waals surface area contributed by atoms with Gasteiger partial charge in [0.2, 0.25) is 5.91 Å². The van der Waals surface area contributed by atoms with Gasteiger partial charge in [-0.2, -0.15) is 26.3 Å². The molecular weight excluding hydrogens is 810 g/mol. The zero-order valence-electron chi connectivity index (χ0n) is 32.9. The summed E-state index contributed by atoms with van der Waals surface area (Å²) in [7, 11) is 0. The Bertz CT molecular complexity index is 1710. The fourth-order valence-electron chi connectivity index (χ4n) is 6.91. The van der Waals surface area contributed by atoms with Crippen LogP contribution in [0.2, 0.25) is 0 Å². The molecule has 2 saturated heterocycles. The number of nitrogens with zero attached hydrogens (tertiary/aromatic N) is 1. The van der Waals surface area contributed by atoms with Crippen LogP contribution in [0.15, 0.2) is 53.5 Å². The number of ether oxygens (including phenoxy) is 3. The molecule has 10 N–H and O–H groups in total. The summed E-state index contributed by atoms with van der Waals surface area (Å²) in [4.78, 5) is 30.9. The van der Waals surface area contributed by atoms with Crippen LogP contribution < -0.4 is 27.0 Å². The lowest BCUT2D eigenvalue weighted by atomic mass is 9.93. The van der Waals surface area contributed by atoms with Crippen molar-refractivity contribution < 1.29 is 70.6 Å². The number of unbranched alkanes of at least 4 members (excludes halogenated alkanes) is 7. The first-order valence-corrected chi connectivity index (χ1v) is 19.8. The minimum atomic E-state index is -4.73. The van der Waals surface area contributed by atoms with Crippen LogP contribution in [0.3, 0.4) is 0 Å². The van der Waals surface area contributed by atoms with Crippen molar-refractivity contribution in [2.45, 2.75) is 132 Å². The van der Waals surface area contributed by atoms with Gasteiger partial charge >= 0.3 is 18.4 Å². The molecule has 60 heavy (non-hydrogen) atoms. The number of urea groups is 1. The van der Waals surface area contributed by atoms with Gasteiger partial charge in [-0.1, -0.05) is 64.0 Å². The average Bonchev–Trinajstić information content (AvgIpc) is 3.19. The molecule has 0 bridgehead atoms. The van der Waals surface area contributed by atoms with Gasteiger partial charge < -0.3 is 61.6 Å². The second-order valence-corrected chi connectivity index (χ2v) is 14.7. The number of hydrogen-bond acceptors (Lipinski definition) is 10. The molecule has 4 rings (SSSR count). The molecule has 336 valence electrons. The highest BCUT2D eigenvalue weighted by molar-refractivity contribution is 5.92. The number of carbonyl (C=O) groups excluding carboxylic acids is 2. The van der Waals surface area contributed by atoms with Gasteiger partial charge in [0.1, 0.15) is 42.6 Å². The first kappa shape index (κ1) is 48.4. The number of guanidine groups is 1. The molecule has 2 aliphatic heterocycles. The van der Waals surface area contributed by atoms with E-state index in [4.69, 9.17) is 19.9 Å². The summed E-state index contributed by atoms with van der Waals surface area (Å²) in [6, 6.07) is 2.42. The normalized spacial score (nSPS) is 26.3. The second-order valence-electron chi connectivity index (χ2n) is 14.7. The Kier molecular flexibility index (Phi) is 18.2. The van der Waals surface area contributed by atoms with Gasteiger partial charge in [-0.25, -0.2) is 9.79 Å². The molecule has 0 aromatic heterocycles. The highest BCUT2D eigenvalue weighted by Crippen LogP contribution is 2.33. The largest absolute Gasteiger partial charge is 0.416 e. The Balaban J connectivity index is 1.62. The average molecular weight is 865 g/mol. The van der Waals surface area contributed by atoms with Gasteiger partial charge in [0.15, 0.2) is 12.2 Å². The highest BCUT2D eigenvalue weighted by atomic mass is 19.4. The first-order chi connectivity index (χ1) is 28.4. The molecule has 15 nitrogen and oxygen atoms in total. The topological polar surface area (TPSA) is 229 Å². The number of amides is 3. The SMILES string of the molecule is CCCCCCCCCCC(=O)N[C@@H]1[C@H](O[C@@H]2O[C@H](CO)[C@@H](O)[C@H](O)[C@H]2NC(=O)Nc2cccc(C(F)(F)F)c2)[C@@H](N=C(N)Nc2cccc(C(F)(F)F)c2)CO[C@@H]1CO. The molecule has 0 spiro atoms. The minimum Gasteiger partial charge on any atom is -0.394 e. The van der Waals surface area contributed by atoms with Gasteiger partial charge in [0, 0.05) is 17.8 Å². The maximum atomic E-state index is 13.4. The van der Waals surface area contributed by atoms with Crippen LogP contribution in [-0.2, 0) is 31.4 Å². The summed E-state index contributed by atoms with van der Waals surface area (Å²) in [6.45, 7) is 0.241. The van der Waals surface area contributed by atoms with Crippen molar-refractivity contribution in [3.05, 3.63) is 59.7 Å². The van der Waals surface area contributed by atoms with Crippen molar-refractivity contribution in [1.82, 2.24) is 10.6 Å². The monoisotopic (exact) mass is 864 g/mol. The van der Waals surface area contributed by atoms with Crippen LogP contribution >= 0.6 is 0 Å². The molecule has 0 unspecified atom stereocenters. The van der Waals surface area contributed by atoms with Crippen LogP contribution in [0, 0.1) is 0 Å². The number of nitrogens with one attached hydrogen (secondary N) is 4. The third-order valence-electron chi connectivity index (χ3n) is 10.1. The number of benzene rings is 2. The van der Waals surface area contributed by atoms with Crippen LogP contribution in [0.1, 0.15) is 75.8 Å². The van der Waals surface area contributed by atoms with Crippen molar-refractivity contribution in [1.29, 1.82) is 0 Å². The molecule has 2 aromatic carbocycles. The lowest BCUT2D eigenvalue weighted by Crippen LogP contribution is -2.68. The van der Waals surface area contributed by atoms with Crippen molar-refractivity contribution >= 4 is 29.3 Å². The smallest absolute Gasteiger partial charge is 0.394 e. The molecule has 2 aliphatic rings. The third kappa shape index (κ3) is 14.2. The third-order valence-corrected chi connectivity index (χ3v) is 10.1. The number of carbonyl (C=O) groups is 2. The number of halogens is 6. The molecule has 3 amide bonds. The quantitative estimate of drug-likeness (QED) is 0.0446. The van der Waals surface area contributed by atoms with E-state index < -0.39 is 110 Å². The molecule has 0 saturated carbocycles. The van der Waals surface area contributed by atoms with E-state index in [0.717, 1.165) is 75.3 Å². The van der Waals surface area contributed by atoms with E-state index in [9.17, 15) is 56.4 Å². The summed E-state index contributed by atoms with van der Waals surface area (Å²) >= 11 is 0. The summed E-state index contributed by atoms with van der Waals surface area (Å²) in [5.74, 6) is -0.893. The van der Waals surface area contributed by atoms with Crippen molar-refractivity contribution in [2.75, 3.05) is 30.5 Å². The zero-order valence-corrected chi connectivity index (χ0v) is 32.9. The number of anilines is 2. The van der Waals surface area contributed by atoms with Gasteiger partial charge in [-0.15, -0.1) is 0 Å². The van der Waals surface area contributed by atoms with E-state index in [2.05, 4.69) is 33.2 Å². The Morgan fingerprint density at radius 3 is 1.93 bits per heavy atom. The zero-order chi connectivity index (χ0) is 44.0. The predicted molar refractivity (Wildman–Crippen MR) is 206 cm³/mol. The molecule has 0 radical (unpaired) electrons. The van der Waals surface area contributed by atoms with E-state index >= 15 is 0 Å². The Labute approximate surface area is 343 Å². The summed E-state index contributed by atoms with van der Waals surface area (Å²) < 4.78 is 98.3. The van der Waals surface area contributed by atoms with E-state index in [1.54, 1.807) is 0 Å². The van der Waals surface area contributed by atoms with Crippen molar-refractivity contribution in [2.24, 2.45) is 10.7 Å². The Hall–Kier alpha value is -4.25. The number of nitrogens with two attached hydrogens (primary N) is 1. The molecule has 21 heteroatoms. The van der Waals surface area contributed by atoms with E-state index in [0.29, 0.717) is 12.5 Å². The van der Waals surface area contributed by atoms with Crippen molar-refractivity contribution in [3.8, 4) is 0 Å². The molecule has 2 aromatic rings. The number of hydrogen-bond donors (Lipinski definition) is 9. The van der Waals surface area contributed by atoms with Gasteiger partial charge in [0.25, 0.3) is 0 Å². The van der Waals surface area contributed by atoms with Gasteiger partial charge in [0.05, 0.1) is 37.0 Å². The number of alkyl halides is 6. The maximum Gasteiger partial charge on any atom is 0.416 e. The van der Waals surface area contributed by atoms with Crippen LogP contribution in [-0.4, -0.2) is 113 Å². The predicted octanol–water partition coefficient (Wildman–Crippen LogP) is 4.24. The van der Waals surface area contributed by atoms with Crippen LogP contribution in [0.5, 0.6) is 0 Å². The van der Waals surface area contributed by atoms with Crippen molar-refractivity contribution in [3.63, 3.8) is 0 Å². The summed E-state index contributed by atoms with van der Waals surface area (Å²) in [5, 5.41) is 52.2. The minimum absolute atomic E-state index is 0.0703. The number of aliphatic imine (C=N–C) groups is 1. The lowest BCUT2D eigenvalue weighted by Gasteiger charge is -2.47. The number of rotatable bonds is 18. The molecule has 2 fully saturated rings. The summed E-state index contributed by atoms with van der Waals surface area (Å²) in [6.07, 6.45) is -11.2. The highest BCUT2D eigenvalue weighted by Gasteiger charge is 2.50. The lowest BCUT2D eigenvalue weighted by molar-refractivity contribution is -0.292. The molecule has 0 aliphatic carbocycles. The van der Waals surface area contributed by atoms with Gasteiger partial charge in [-0.05, 0) is 42.8 Å². The van der Waals surface area contributed by atoms with Gasteiger partial charge in [-0.3, -0.25) is 4.79 Å². The van der Waals surface area contributed by atoms with E-state index in [1.807, 2.05) is 0 Å². The maximum absolute atomic E-state index is 13.4. The van der Waals surface area contributed by atoms with Crippen LogP contribution in [0.4, 0.5) is 42.5 Å². The Morgan fingerprint density at radius 1 is 0.800 bits per heavy atom. The second kappa shape index (κ2) is 22.6. The molecule has 9 atom stereocenters. The Morgan fingerprint density at radius 2 is 1.37 bits per heavy atom. The first-order valence-electron chi connectivity index (χ1n) is 19.8. The number of aliphatic hydroxyl groups excluding tert-OH is 4. The van der Waals surface area contributed by atoms with Crippen LogP contribution in [0.25, 0.3) is 0 Å².